The zero-order valence-corrected chi connectivity index (χ0v) is 15.0. The summed E-state index contributed by atoms with van der Waals surface area (Å²) in [6.07, 6.45) is -8.76. The van der Waals surface area contributed by atoms with Gasteiger partial charge in [0.1, 0.15) is 5.82 Å². The second-order valence-corrected chi connectivity index (χ2v) is 7.49. The molecule has 0 radical (unpaired) electrons. The molecule has 2 aromatic carbocycles. The van der Waals surface area contributed by atoms with Gasteiger partial charge in [-0.25, -0.2) is 18.5 Å². The number of aromatic nitrogens is 2. The third kappa shape index (κ3) is 4.43. The summed E-state index contributed by atoms with van der Waals surface area (Å²) in [5.74, 6) is -0.238. The molecule has 0 atom stereocenters. The van der Waals surface area contributed by atoms with Gasteiger partial charge in [-0.05, 0) is 48.5 Å². The number of halogens is 6. The van der Waals surface area contributed by atoms with Crippen LogP contribution in [0.1, 0.15) is 11.3 Å². The summed E-state index contributed by atoms with van der Waals surface area (Å²) in [7, 11) is -4.01. The average molecular weight is 435 g/mol. The van der Waals surface area contributed by atoms with Crippen LogP contribution >= 0.6 is 0 Å². The lowest BCUT2D eigenvalue weighted by Crippen LogP contribution is -2.11. The number of sulfonamides is 1. The summed E-state index contributed by atoms with van der Waals surface area (Å²) in [5.41, 5.74) is -2.11. The van der Waals surface area contributed by atoms with Crippen LogP contribution in [0.4, 0.5) is 26.3 Å². The molecule has 0 spiro atoms. The molecule has 0 aliphatic carbocycles. The van der Waals surface area contributed by atoms with Crippen molar-refractivity contribution in [3.8, 4) is 17.1 Å². The van der Waals surface area contributed by atoms with Gasteiger partial charge in [0.15, 0.2) is 5.69 Å². The van der Waals surface area contributed by atoms with Gasteiger partial charge in [-0.2, -0.15) is 26.3 Å². The molecule has 2 N–H and O–H groups in total. The SMILES string of the molecule is NS(=O)(=O)c1ccc(-c2nc(C(F)(F)F)cn2-c2ccc(C(F)(F)F)cc2)cc1. The molecule has 3 rings (SSSR count). The van der Waals surface area contributed by atoms with E-state index in [1.54, 1.807) is 0 Å². The van der Waals surface area contributed by atoms with Gasteiger partial charge in [-0.3, -0.25) is 4.57 Å². The molecule has 0 bridgehead atoms. The Morgan fingerprint density at radius 1 is 0.828 bits per heavy atom. The molecule has 1 heterocycles. The van der Waals surface area contributed by atoms with Crippen LogP contribution in [0.15, 0.2) is 59.6 Å². The fourth-order valence-corrected chi connectivity index (χ4v) is 3.04. The quantitative estimate of drug-likeness (QED) is 0.626. The van der Waals surface area contributed by atoms with E-state index in [0.717, 1.165) is 41.0 Å². The van der Waals surface area contributed by atoms with E-state index in [1.807, 2.05) is 0 Å². The minimum absolute atomic E-state index is 0.00604. The van der Waals surface area contributed by atoms with Crippen LogP contribution in [-0.4, -0.2) is 18.0 Å². The molecule has 0 saturated heterocycles. The van der Waals surface area contributed by atoms with Crippen molar-refractivity contribution in [1.29, 1.82) is 0 Å². The fourth-order valence-electron chi connectivity index (χ4n) is 2.52. The van der Waals surface area contributed by atoms with Crippen LogP contribution in [0.3, 0.4) is 0 Å². The van der Waals surface area contributed by atoms with Gasteiger partial charge in [-0.15, -0.1) is 0 Å². The predicted octanol–water partition coefficient (Wildman–Crippen LogP) is 4.22. The van der Waals surface area contributed by atoms with Gasteiger partial charge in [0.05, 0.1) is 10.5 Å². The van der Waals surface area contributed by atoms with Crippen molar-refractivity contribution in [3.05, 3.63) is 66.0 Å². The predicted molar refractivity (Wildman–Crippen MR) is 90.4 cm³/mol. The number of alkyl halides is 6. The van der Waals surface area contributed by atoms with E-state index >= 15 is 0 Å². The zero-order chi connectivity index (χ0) is 21.6. The Balaban J connectivity index is 2.13. The summed E-state index contributed by atoms with van der Waals surface area (Å²) >= 11 is 0. The first kappa shape index (κ1) is 20.9. The van der Waals surface area contributed by atoms with E-state index < -0.39 is 33.6 Å². The lowest BCUT2D eigenvalue weighted by atomic mass is 10.2. The maximum Gasteiger partial charge on any atom is 0.434 e. The van der Waals surface area contributed by atoms with Crippen molar-refractivity contribution in [2.24, 2.45) is 5.14 Å². The van der Waals surface area contributed by atoms with E-state index in [1.165, 1.54) is 12.1 Å². The Hall–Kier alpha value is -2.86. The Morgan fingerprint density at radius 2 is 1.38 bits per heavy atom. The number of benzene rings is 2. The first-order valence-corrected chi connectivity index (χ1v) is 9.29. The van der Waals surface area contributed by atoms with Crippen molar-refractivity contribution >= 4 is 10.0 Å². The Bertz CT molecular complexity index is 1130. The molecule has 29 heavy (non-hydrogen) atoms. The van der Waals surface area contributed by atoms with Crippen LogP contribution in [-0.2, 0) is 22.4 Å². The van der Waals surface area contributed by atoms with Crippen LogP contribution < -0.4 is 5.14 Å². The molecule has 0 saturated carbocycles. The maximum atomic E-state index is 13.1. The minimum Gasteiger partial charge on any atom is -0.299 e. The van der Waals surface area contributed by atoms with Gasteiger partial charge in [0.2, 0.25) is 10.0 Å². The van der Waals surface area contributed by atoms with E-state index in [-0.39, 0.29) is 22.0 Å². The van der Waals surface area contributed by atoms with Crippen molar-refractivity contribution < 1.29 is 34.8 Å². The number of primary sulfonamides is 1. The van der Waals surface area contributed by atoms with Crippen LogP contribution in [0.2, 0.25) is 0 Å². The number of hydrogen-bond acceptors (Lipinski definition) is 3. The number of rotatable bonds is 3. The second-order valence-electron chi connectivity index (χ2n) is 5.93. The first-order valence-electron chi connectivity index (χ1n) is 7.74. The van der Waals surface area contributed by atoms with E-state index in [4.69, 9.17) is 5.14 Å². The molecule has 3 aromatic rings. The fraction of sp³-hybridized carbons (Fsp3) is 0.118. The number of nitrogens with zero attached hydrogens (tertiary/aromatic N) is 2. The molecule has 154 valence electrons. The van der Waals surface area contributed by atoms with Crippen molar-refractivity contribution in [2.45, 2.75) is 17.2 Å². The van der Waals surface area contributed by atoms with Crippen molar-refractivity contribution in [2.75, 3.05) is 0 Å². The Kier molecular flexibility index (Phi) is 4.95. The number of nitrogens with two attached hydrogens (primary N) is 1. The lowest BCUT2D eigenvalue weighted by Gasteiger charge is -2.11. The summed E-state index contributed by atoms with van der Waals surface area (Å²) in [4.78, 5) is 3.27. The smallest absolute Gasteiger partial charge is 0.299 e. The number of hydrogen-bond donors (Lipinski definition) is 1. The molecular weight excluding hydrogens is 424 g/mol. The minimum atomic E-state index is -4.80. The number of imidazole rings is 1. The average Bonchev–Trinajstić information content (AvgIpc) is 3.06. The summed E-state index contributed by atoms with van der Waals surface area (Å²) < 4.78 is 101. The molecule has 0 aliphatic rings. The van der Waals surface area contributed by atoms with Crippen molar-refractivity contribution in [3.63, 3.8) is 0 Å². The lowest BCUT2D eigenvalue weighted by molar-refractivity contribution is -0.141. The van der Waals surface area contributed by atoms with Gasteiger partial charge in [0.25, 0.3) is 0 Å². The molecule has 1 aromatic heterocycles. The summed E-state index contributed by atoms with van der Waals surface area (Å²) in [6, 6.07) is 8.05. The molecule has 0 aliphatic heterocycles. The van der Waals surface area contributed by atoms with Gasteiger partial charge in [0, 0.05) is 17.4 Å². The van der Waals surface area contributed by atoms with E-state index in [0.29, 0.717) is 6.20 Å². The standard InChI is InChI=1S/C17H11F6N3O2S/c18-16(19,20)11-3-5-12(6-4-11)26-9-14(17(21,22)23)25-15(26)10-1-7-13(8-2-10)29(24,27)28/h1-9H,(H2,24,27,28). The van der Waals surface area contributed by atoms with Crippen LogP contribution in [0, 0.1) is 0 Å². The van der Waals surface area contributed by atoms with Crippen molar-refractivity contribution in [1.82, 2.24) is 9.55 Å². The van der Waals surface area contributed by atoms with E-state index in [9.17, 15) is 34.8 Å². The summed E-state index contributed by atoms with van der Waals surface area (Å²) in [6.45, 7) is 0. The largest absolute Gasteiger partial charge is 0.434 e. The van der Waals surface area contributed by atoms with Crippen LogP contribution in [0.5, 0.6) is 0 Å². The van der Waals surface area contributed by atoms with Gasteiger partial charge >= 0.3 is 12.4 Å². The second kappa shape index (κ2) is 6.88. The normalized spacial score (nSPS) is 12.9. The molecule has 12 heteroatoms. The molecule has 0 unspecified atom stereocenters. The highest BCUT2D eigenvalue weighted by Crippen LogP contribution is 2.34. The highest BCUT2D eigenvalue weighted by Gasteiger charge is 2.35. The summed E-state index contributed by atoms with van der Waals surface area (Å²) in [5, 5.41) is 4.99. The molecular formula is C17H11F6N3O2S. The van der Waals surface area contributed by atoms with Gasteiger partial charge in [-0.1, -0.05) is 0 Å². The highest BCUT2D eigenvalue weighted by molar-refractivity contribution is 7.89. The molecule has 0 amide bonds. The first-order chi connectivity index (χ1) is 13.3. The zero-order valence-electron chi connectivity index (χ0n) is 14.2. The molecule has 0 fully saturated rings. The van der Waals surface area contributed by atoms with Gasteiger partial charge < -0.3 is 0 Å². The van der Waals surface area contributed by atoms with E-state index in [2.05, 4.69) is 4.98 Å². The topological polar surface area (TPSA) is 78.0 Å². The third-order valence-electron chi connectivity index (χ3n) is 3.91. The monoisotopic (exact) mass is 435 g/mol. The molecule has 5 nitrogen and oxygen atoms in total. The third-order valence-corrected chi connectivity index (χ3v) is 4.84. The maximum absolute atomic E-state index is 13.1. The van der Waals surface area contributed by atoms with Crippen LogP contribution in [0.25, 0.3) is 17.1 Å². The Labute approximate surface area is 160 Å². The Morgan fingerprint density at radius 3 is 1.83 bits per heavy atom. The highest BCUT2D eigenvalue weighted by atomic mass is 32.2.